The molecular formula is C15H21N3O2S2. The minimum atomic E-state index is -0.440. The number of anilines is 1. The molecule has 0 saturated carbocycles. The molecule has 0 radical (unpaired) electrons. The Bertz CT molecular complexity index is 596. The van der Waals surface area contributed by atoms with Crippen molar-refractivity contribution < 1.29 is 9.59 Å². The Morgan fingerprint density at radius 3 is 2.68 bits per heavy atom. The van der Waals surface area contributed by atoms with E-state index in [4.69, 9.17) is 18.0 Å². The Hall–Kier alpha value is -1.47. The summed E-state index contributed by atoms with van der Waals surface area (Å²) < 4.78 is 0. The average Bonchev–Trinajstić information content (AvgIpc) is 2.61. The molecular weight excluding hydrogens is 318 g/mol. The van der Waals surface area contributed by atoms with Gasteiger partial charge in [0.05, 0.1) is 5.56 Å². The van der Waals surface area contributed by atoms with Crippen molar-refractivity contribution in [2.75, 3.05) is 5.32 Å². The fourth-order valence-corrected chi connectivity index (χ4v) is 4.22. The van der Waals surface area contributed by atoms with Gasteiger partial charge in [-0.3, -0.25) is 9.59 Å². The van der Waals surface area contributed by atoms with E-state index in [1.165, 1.54) is 22.6 Å². The SMILES string of the molecule is CCCC(=O)NC(=S)Nc1sc2c(c1C(N)=O)CCCCC2. The number of amides is 2. The number of hydrogen-bond acceptors (Lipinski definition) is 4. The van der Waals surface area contributed by atoms with Gasteiger partial charge in [-0.2, -0.15) is 0 Å². The van der Waals surface area contributed by atoms with Crippen molar-refractivity contribution in [1.82, 2.24) is 5.32 Å². The van der Waals surface area contributed by atoms with Gasteiger partial charge in [-0.15, -0.1) is 11.3 Å². The van der Waals surface area contributed by atoms with E-state index in [1.807, 2.05) is 6.92 Å². The molecule has 0 spiro atoms. The van der Waals surface area contributed by atoms with Gasteiger partial charge in [0.15, 0.2) is 5.11 Å². The summed E-state index contributed by atoms with van der Waals surface area (Å²) in [6, 6.07) is 0. The third-order valence-corrected chi connectivity index (χ3v) is 5.04. The lowest BCUT2D eigenvalue weighted by molar-refractivity contribution is -0.119. The summed E-state index contributed by atoms with van der Waals surface area (Å²) in [6.45, 7) is 1.93. The molecule has 1 aliphatic carbocycles. The number of carbonyl (C=O) groups is 2. The third-order valence-electron chi connectivity index (χ3n) is 3.62. The summed E-state index contributed by atoms with van der Waals surface area (Å²) >= 11 is 6.67. The van der Waals surface area contributed by atoms with Crippen molar-refractivity contribution >= 4 is 45.5 Å². The van der Waals surface area contributed by atoms with E-state index < -0.39 is 5.91 Å². The van der Waals surface area contributed by atoms with Crippen molar-refractivity contribution in [3.8, 4) is 0 Å². The van der Waals surface area contributed by atoms with Crippen LogP contribution in [0.5, 0.6) is 0 Å². The van der Waals surface area contributed by atoms with Gasteiger partial charge in [0.25, 0.3) is 5.91 Å². The normalized spacial score (nSPS) is 13.9. The first-order valence-corrected chi connectivity index (χ1v) is 8.80. The summed E-state index contributed by atoms with van der Waals surface area (Å²) in [5, 5.41) is 6.47. The quantitative estimate of drug-likeness (QED) is 0.582. The predicted molar refractivity (Wildman–Crippen MR) is 93.4 cm³/mol. The molecule has 22 heavy (non-hydrogen) atoms. The molecule has 0 saturated heterocycles. The number of fused-ring (bicyclic) bond motifs is 1. The van der Waals surface area contributed by atoms with Crippen molar-refractivity contribution in [2.24, 2.45) is 5.73 Å². The molecule has 2 rings (SSSR count). The predicted octanol–water partition coefficient (Wildman–Crippen LogP) is 2.73. The van der Waals surface area contributed by atoms with Crippen LogP contribution in [-0.4, -0.2) is 16.9 Å². The molecule has 0 bridgehead atoms. The summed E-state index contributed by atoms with van der Waals surface area (Å²) in [6.07, 6.45) is 6.40. The summed E-state index contributed by atoms with van der Waals surface area (Å²) in [5.74, 6) is -0.566. The van der Waals surface area contributed by atoms with Gasteiger partial charge in [-0.25, -0.2) is 0 Å². The van der Waals surface area contributed by atoms with Crippen LogP contribution in [0.25, 0.3) is 0 Å². The van der Waals surface area contributed by atoms with Gasteiger partial charge in [0.1, 0.15) is 5.00 Å². The van der Waals surface area contributed by atoms with Gasteiger partial charge in [0, 0.05) is 11.3 Å². The average molecular weight is 339 g/mol. The number of rotatable bonds is 4. The van der Waals surface area contributed by atoms with Crippen LogP contribution in [-0.2, 0) is 17.6 Å². The molecule has 0 aliphatic heterocycles. The molecule has 1 heterocycles. The molecule has 0 atom stereocenters. The van der Waals surface area contributed by atoms with Gasteiger partial charge < -0.3 is 16.4 Å². The molecule has 2 amide bonds. The van der Waals surface area contributed by atoms with Crippen molar-refractivity contribution in [3.05, 3.63) is 16.0 Å². The number of nitrogens with one attached hydrogen (secondary N) is 2. The van der Waals surface area contributed by atoms with Crippen LogP contribution in [0.15, 0.2) is 0 Å². The van der Waals surface area contributed by atoms with Gasteiger partial charge in [-0.05, 0) is 49.9 Å². The number of hydrogen-bond donors (Lipinski definition) is 3. The zero-order valence-corrected chi connectivity index (χ0v) is 14.3. The van der Waals surface area contributed by atoms with Crippen LogP contribution >= 0.6 is 23.6 Å². The van der Waals surface area contributed by atoms with Gasteiger partial charge in [0.2, 0.25) is 5.91 Å². The maximum absolute atomic E-state index is 11.8. The summed E-state index contributed by atoms with van der Waals surface area (Å²) in [4.78, 5) is 24.6. The highest BCUT2D eigenvalue weighted by Gasteiger charge is 2.23. The Balaban J connectivity index is 2.18. The van der Waals surface area contributed by atoms with E-state index in [1.54, 1.807) is 0 Å². The number of carbonyl (C=O) groups excluding carboxylic acids is 2. The minimum absolute atomic E-state index is 0.126. The highest BCUT2D eigenvalue weighted by Crippen LogP contribution is 2.37. The Labute approximate surface area is 139 Å². The lowest BCUT2D eigenvalue weighted by Gasteiger charge is -2.09. The second-order valence-electron chi connectivity index (χ2n) is 5.39. The topological polar surface area (TPSA) is 84.2 Å². The fraction of sp³-hybridized carbons (Fsp3) is 0.533. The third kappa shape index (κ3) is 4.04. The molecule has 0 fully saturated rings. The van der Waals surface area contributed by atoms with Crippen molar-refractivity contribution in [3.63, 3.8) is 0 Å². The maximum Gasteiger partial charge on any atom is 0.251 e. The summed E-state index contributed by atoms with van der Waals surface area (Å²) in [7, 11) is 0. The molecule has 120 valence electrons. The molecule has 7 heteroatoms. The molecule has 1 aliphatic rings. The monoisotopic (exact) mass is 339 g/mol. The second-order valence-corrected chi connectivity index (χ2v) is 6.90. The zero-order valence-electron chi connectivity index (χ0n) is 12.7. The number of aryl methyl sites for hydroxylation is 1. The van der Waals surface area contributed by atoms with Crippen LogP contribution in [0.2, 0.25) is 0 Å². The molecule has 4 N–H and O–H groups in total. The first-order chi connectivity index (χ1) is 10.5. The molecule has 0 unspecified atom stereocenters. The number of nitrogens with two attached hydrogens (primary N) is 1. The number of thiophene rings is 1. The highest BCUT2D eigenvalue weighted by molar-refractivity contribution is 7.80. The summed E-state index contributed by atoms with van der Waals surface area (Å²) in [5.41, 5.74) is 7.15. The van der Waals surface area contributed by atoms with Crippen LogP contribution in [0.4, 0.5) is 5.00 Å². The largest absolute Gasteiger partial charge is 0.365 e. The molecule has 1 aromatic heterocycles. The van der Waals surface area contributed by atoms with E-state index in [0.717, 1.165) is 37.7 Å². The Morgan fingerprint density at radius 1 is 1.27 bits per heavy atom. The van der Waals surface area contributed by atoms with E-state index in [2.05, 4.69) is 10.6 Å². The van der Waals surface area contributed by atoms with E-state index >= 15 is 0 Å². The lowest BCUT2D eigenvalue weighted by atomic mass is 10.1. The Morgan fingerprint density at radius 2 is 2.00 bits per heavy atom. The van der Waals surface area contributed by atoms with E-state index in [0.29, 0.717) is 17.0 Å². The Kier molecular flexibility index (Phi) is 5.90. The van der Waals surface area contributed by atoms with Gasteiger partial charge >= 0.3 is 0 Å². The molecule has 5 nitrogen and oxygen atoms in total. The van der Waals surface area contributed by atoms with Crippen molar-refractivity contribution in [2.45, 2.75) is 51.9 Å². The van der Waals surface area contributed by atoms with Crippen molar-refractivity contribution in [1.29, 1.82) is 0 Å². The molecule has 1 aromatic rings. The fourth-order valence-electron chi connectivity index (χ4n) is 2.64. The van der Waals surface area contributed by atoms with Crippen LogP contribution in [0.3, 0.4) is 0 Å². The number of primary amides is 1. The minimum Gasteiger partial charge on any atom is -0.365 e. The second kappa shape index (κ2) is 7.69. The van der Waals surface area contributed by atoms with E-state index in [-0.39, 0.29) is 11.0 Å². The van der Waals surface area contributed by atoms with E-state index in [9.17, 15) is 9.59 Å². The maximum atomic E-state index is 11.8. The first-order valence-electron chi connectivity index (χ1n) is 7.58. The standard InChI is InChI=1S/C15H21N3O2S2/c1-2-6-11(19)17-15(21)18-14-12(13(16)20)9-7-4-3-5-8-10(9)22-14/h2-8H2,1H3,(H2,16,20)(H2,17,18,19,21). The van der Waals surface area contributed by atoms with Crippen LogP contribution in [0, 0.1) is 0 Å². The first kappa shape index (κ1) is 16.9. The van der Waals surface area contributed by atoms with Crippen LogP contribution in [0.1, 0.15) is 59.8 Å². The smallest absolute Gasteiger partial charge is 0.251 e. The molecule has 0 aromatic carbocycles. The number of thiocarbonyl (C=S) groups is 1. The lowest BCUT2D eigenvalue weighted by Crippen LogP contribution is -2.34. The van der Waals surface area contributed by atoms with Gasteiger partial charge in [-0.1, -0.05) is 13.3 Å². The van der Waals surface area contributed by atoms with Crippen LogP contribution < -0.4 is 16.4 Å². The highest BCUT2D eigenvalue weighted by atomic mass is 32.1. The zero-order chi connectivity index (χ0) is 16.1.